The summed E-state index contributed by atoms with van der Waals surface area (Å²) in [4.78, 5) is 11.6. The highest BCUT2D eigenvalue weighted by atomic mass is 35.5. The van der Waals surface area contributed by atoms with Gasteiger partial charge in [0.1, 0.15) is 17.2 Å². The third-order valence-corrected chi connectivity index (χ3v) is 3.12. The molecule has 0 unspecified atom stereocenters. The van der Waals surface area contributed by atoms with Crippen LogP contribution in [0.1, 0.15) is 12.0 Å². The fourth-order valence-corrected chi connectivity index (χ4v) is 1.98. The number of rotatable bonds is 9. The third kappa shape index (κ3) is 5.99. The van der Waals surface area contributed by atoms with Crippen LogP contribution in [0.25, 0.3) is 0 Å². The molecule has 7 heteroatoms. The summed E-state index contributed by atoms with van der Waals surface area (Å²) < 4.78 is 15.9. The van der Waals surface area contributed by atoms with Crippen LogP contribution in [-0.2, 0) is 11.2 Å². The molecule has 0 spiro atoms. The first-order chi connectivity index (χ1) is 10.2. The number of amides is 1. The van der Waals surface area contributed by atoms with E-state index < -0.39 is 0 Å². The largest absolute Gasteiger partial charge is 0.496 e. The van der Waals surface area contributed by atoms with Crippen LogP contribution in [0.2, 0.25) is 0 Å². The number of nitrogens with one attached hydrogen (secondary N) is 2. The van der Waals surface area contributed by atoms with Crippen molar-refractivity contribution in [2.24, 2.45) is 0 Å². The SMILES string of the molecule is CNCCC(=O)NCCc1c(OC)cc(OC)cc1OC.Cl. The summed E-state index contributed by atoms with van der Waals surface area (Å²) in [6.07, 6.45) is 1.09. The summed E-state index contributed by atoms with van der Waals surface area (Å²) in [5, 5.41) is 5.82. The molecule has 0 radical (unpaired) electrons. The first-order valence-electron chi connectivity index (χ1n) is 6.86. The maximum Gasteiger partial charge on any atom is 0.221 e. The Hall–Kier alpha value is -1.66. The van der Waals surface area contributed by atoms with E-state index in [0.717, 1.165) is 5.56 Å². The van der Waals surface area contributed by atoms with Gasteiger partial charge in [0.2, 0.25) is 5.91 Å². The number of hydrogen-bond donors (Lipinski definition) is 2. The molecule has 0 aromatic heterocycles. The van der Waals surface area contributed by atoms with Crippen LogP contribution in [-0.4, -0.2) is 47.4 Å². The van der Waals surface area contributed by atoms with Crippen molar-refractivity contribution in [1.82, 2.24) is 10.6 Å². The van der Waals surface area contributed by atoms with Crippen molar-refractivity contribution in [3.8, 4) is 17.2 Å². The lowest BCUT2D eigenvalue weighted by molar-refractivity contribution is -0.120. The molecule has 1 amide bonds. The molecule has 2 N–H and O–H groups in total. The number of benzene rings is 1. The normalized spacial score (nSPS) is 9.64. The molecular formula is C15H25ClN2O4. The molecule has 1 rings (SSSR count). The van der Waals surface area contributed by atoms with Gasteiger partial charge < -0.3 is 24.8 Å². The second-order valence-corrected chi connectivity index (χ2v) is 4.46. The average molecular weight is 333 g/mol. The lowest BCUT2D eigenvalue weighted by atomic mass is 10.1. The van der Waals surface area contributed by atoms with Gasteiger partial charge in [-0.25, -0.2) is 0 Å². The van der Waals surface area contributed by atoms with Gasteiger partial charge in [0, 0.05) is 37.2 Å². The van der Waals surface area contributed by atoms with Crippen LogP contribution in [0.5, 0.6) is 17.2 Å². The zero-order valence-corrected chi connectivity index (χ0v) is 14.3. The van der Waals surface area contributed by atoms with Crippen molar-refractivity contribution in [2.45, 2.75) is 12.8 Å². The van der Waals surface area contributed by atoms with Gasteiger partial charge in [-0.3, -0.25) is 4.79 Å². The van der Waals surface area contributed by atoms with Gasteiger partial charge in [0.25, 0.3) is 0 Å². The number of hydrogen-bond acceptors (Lipinski definition) is 5. The van der Waals surface area contributed by atoms with Gasteiger partial charge in [0.15, 0.2) is 0 Å². The predicted octanol–water partition coefficient (Wildman–Crippen LogP) is 1.40. The fourth-order valence-electron chi connectivity index (χ4n) is 1.98. The van der Waals surface area contributed by atoms with E-state index in [1.165, 1.54) is 0 Å². The predicted molar refractivity (Wildman–Crippen MR) is 88.6 cm³/mol. The van der Waals surface area contributed by atoms with Crippen molar-refractivity contribution in [2.75, 3.05) is 41.5 Å². The zero-order chi connectivity index (χ0) is 15.7. The van der Waals surface area contributed by atoms with E-state index >= 15 is 0 Å². The lowest BCUT2D eigenvalue weighted by Crippen LogP contribution is -2.28. The second-order valence-electron chi connectivity index (χ2n) is 4.46. The summed E-state index contributed by atoms with van der Waals surface area (Å²) in [6, 6.07) is 3.61. The number of ether oxygens (including phenoxy) is 3. The topological polar surface area (TPSA) is 68.8 Å². The van der Waals surface area contributed by atoms with Crippen LogP contribution in [0.15, 0.2) is 12.1 Å². The minimum atomic E-state index is 0. The van der Waals surface area contributed by atoms with Gasteiger partial charge in [-0.1, -0.05) is 0 Å². The van der Waals surface area contributed by atoms with Gasteiger partial charge in [-0.15, -0.1) is 12.4 Å². The Bertz CT molecular complexity index is 444. The molecule has 0 atom stereocenters. The summed E-state index contributed by atoms with van der Waals surface area (Å²) >= 11 is 0. The maximum atomic E-state index is 11.6. The monoisotopic (exact) mass is 332 g/mol. The molecule has 0 aliphatic rings. The van der Waals surface area contributed by atoms with Crippen molar-refractivity contribution in [3.05, 3.63) is 17.7 Å². The van der Waals surface area contributed by atoms with Crippen molar-refractivity contribution < 1.29 is 19.0 Å². The Kier molecular flexibility index (Phi) is 10.2. The van der Waals surface area contributed by atoms with Crippen molar-refractivity contribution in [1.29, 1.82) is 0 Å². The molecule has 0 aliphatic heterocycles. The number of carbonyl (C=O) groups is 1. The smallest absolute Gasteiger partial charge is 0.221 e. The summed E-state index contributed by atoms with van der Waals surface area (Å²) in [5.74, 6) is 2.08. The molecule has 0 bridgehead atoms. The van der Waals surface area contributed by atoms with Gasteiger partial charge in [0.05, 0.1) is 21.3 Å². The molecule has 22 heavy (non-hydrogen) atoms. The quantitative estimate of drug-likeness (QED) is 0.715. The number of methoxy groups -OCH3 is 3. The zero-order valence-electron chi connectivity index (χ0n) is 13.5. The molecule has 0 saturated heterocycles. The van der Waals surface area contributed by atoms with E-state index in [2.05, 4.69) is 10.6 Å². The summed E-state index contributed by atoms with van der Waals surface area (Å²) in [5.41, 5.74) is 0.912. The third-order valence-electron chi connectivity index (χ3n) is 3.12. The summed E-state index contributed by atoms with van der Waals surface area (Å²) in [6.45, 7) is 1.20. The van der Waals surface area contributed by atoms with Crippen LogP contribution < -0.4 is 24.8 Å². The molecular weight excluding hydrogens is 308 g/mol. The average Bonchev–Trinajstić information content (AvgIpc) is 2.52. The van der Waals surface area contributed by atoms with E-state index in [0.29, 0.717) is 43.2 Å². The Morgan fingerprint density at radius 2 is 1.64 bits per heavy atom. The van der Waals surface area contributed by atoms with E-state index in [-0.39, 0.29) is 18.3 Å². The van der Waals surface area contributed by atoms with Gasteiger partial charge in [-0.2, -0.15) is 0 Å². The van der Waals surface area contributed by atoms with Gasteiger partial charge >= 0.3 is 0 Å². The van der Waals surface area contributed by atoms with Crippen LogP contribution in [0, 0.1) is 0 Å². The van der Waals surface area contributed by atoms with Crippen molar-refractivity contribution >= 4 is 18.3 Å². The Balaban J connectivity index is 0.00000441. The first kappa shape index (κ1) is 20.3. The molecule has 1 aromatic rings. The Morgan fingerprint density at radius 3 is 2.09 bits per heavy atom. The molecule has 126 valence electrons. The van der Waals surface area contributed by atoms with E-state index in [1.807, 2.05) is 7.05 Å². The lowest BCUT2D eigenvalue weighted by Gasteiger charge is -2.15. The highest BCUT2D eigenvalue weighted by molar-refractivity contribution is 5.85. The molecule has 1 aromatic carbocycles. The molecule has 6 nitrogen and oxygen atoms in total. The van der Waals surface area contributed by atoms with Crippen molar-refractivity contribution in [3.63, 3.8) is 0 Å². The molecule has 0 aliphatic carbocycles. The second kappa shape index (κ2) is 11.0. The van der Waals surface area contributed by atoms with Crippen LogP contribution in [0.4, 0.5) is 0 Å². The van der Waals surface area contributed by atoms with E-state index in [1.54, 1.807) is 33.5 Å². The molecule has 0 saturated carbocycles. The highest BCUT2D eigenvalue weighted by Gasteiger charge is 2.13. The van der Waals surface area contributed by atoms with Crippen LogP contribution >= 0.6 is 12.4 Å². The molecule has 0 fully saturated rings. The number of carbonyl (C=O) groups excluding carboxylic acids is 1. The van der Waals surface area contributed by atoms with Gasteiger partial charge in [-0.05, 0) is 13.5 Å². The summed E-state index contributed by atoms with van der Waals surface area (Å²) in [7, 11) is 6.61. The first-order valence-corrected chi connectivity index (χ1v) is 6.86. The minimum absolute atomic E-state index is 0. The Labute approximate surface area is 137 Å². The Morgan fingerprint density at radius 1 is 1.05 bits per heavy atom. The number of halogens is 1. The maximum absolute atomic E-state index is 11.6. The minimum Gasteiger partial charge on any atom is -0.496 e. The van der Waals surface area contributed by atoms with Crippen LogP contribution in [0.3, 0.4) is 0 Å². The van der Waals surface area contributed by atoms with E-state index in [9.17, 15) is 4.79 Å². The highest BCUT2D eigenvalue weighted by Crippen LogP contribution is 2.34. The fraction of sp³-hybridized carbons (Fsp3) is 0.533. The molecule has 0 heterocycles. The standard InChI is InChI=1S/C15H24N2O4.ClH/c1-16-7-6-15(18)17-8-5-12-13(20-3)9-11(19-2)10-14(12)21-4;/h9-10,16H,5-8H2,1-4H3,(H,17,18);1H. The van der Waals surface area contributed by atoms with E-state index in [4.69, 9.17) is 14.2 Å².